The van der Waals surface area contributed by atoms with E-state index in [0.29, 0.717) is 11.5 Å². The van der Waals surface area contributed by atoms with Crippen LogP contribution >= 0.6 is 0 Å². The van der Waals surface area contributed by atoms with E-state index >= 15 is 0 Å². The van der Waals surface area contributed by atoms with Crippen LogP contribution in [0.1, 0.15) is 0 Å². The Labute approximate surface area is 341 Å². The molecular weight excluding hydrogens is 721 g/mol. The number of oxazole rings is 1. The summed E-state index contributed by atoms with van der Waals surface area (Å²) in [6, 6.07) is 76.4. The molecule has 0 atom stereocenters. The first-order chi connectivity index (χ1) is 29.2. The lowest BCUT2D eigenvalue weighted by atomic mass is 9.99. The summed E-state index contributed by atoms with van der Waals surface area (Å²) >= 11 is 0. The SMILES string of the molecule is c1ccc(-c2ccc(-c3ccc(N(c4cccc(-c5ccc(-c6ccccc6)cc5)c4)c4c5nc(-c6ccccc6)oc5cc5oc6ccccc6c45)cc3)cc2)cc1. The van der Waals surface area contributed by atoms with Gasteiger partial charge in [-0.25, -0.2) is 4.98 Å². The Balaban J connectivity index is 1.09. The summed E-state index contributed by atoms with van der Waals surface area (Å²) in [5.41, 5.74) is 16.0. The summed E-state index contributed by atoms with van der Waals surface area (Å²) in [4.78, 5) is 7.57. The minimum Gasteiger partial charge on any atom is -0.456 e. The highest BCUT2D eigenvalue weighted by atomic mass is 16.4. The van der Waals surface area contributed by atoms with Gasteiger partial charge < -0.3 is 13.7 Å². The lowest BCUT2D eigenvalue weighted by Gasteiger charge is -2.27. The first kappa shape index (κ1) is 34.3. The van der Waals surface area contributed by atoms with E-state index in [1.807, 2.05) is 60.7 Å². The van der Waals surface area contributed by atoms with Crippen LogP contribution < -0.4 is 4.90 Å². The molecule has 0 bridgehead atoms. The van der Waals surface area contributed by atoms with Gasteiger partial charge in [0.25, 0.3) is 0 Å². The van der Waals surface area contributed by atoms with E-state index in [9.17, 15) is 0 Å². The van der Waals surface area contributed by atoms with Crippen molar-refractivity contribution in [3.63, 3.8) is 0 Å². The molecule has 0 radical (unpaired) electrons. The van der Waals surface area contributed by atoms with Crippen LogP contribution in [0.5, 0.6) is 0 Å². The second-order valence-corrected chi connectivity index (χ2v) is 14.7. The maximum Gasteiger partial charge on any atom is 0.227 e. The zero-order chi connectivity index (χ0) is 39.1. The molecule has 0 saturated heterocycles. The van der Waals surface area contributed by atoms with Crippen LogP contribution in [0.15, 0.2) is 227 Å². The Morgan fingerprint density at radius 1 is 0.322 bits per heavy atom. The van der Waals surface area contributed by atoms with Gasteiger partial charge in [-0.15, -0.1) is 0 Å². The predicted molar refractivity (Wildman–Crippen MR) is 243 cm³/mol. The maximum atomic E-state index is 6.58. The zero-order valence-corrected chi connectivity index (χ0v) is 32.0. The van der Waals surface area contributed by atoms with Gasteiger partial charge in [-0.1, -0.05) is 170 Å². The van der Waals surface area contributed by atoms with E-state index in [1.54, 1.807) is 0 Å². The maximum absolute atomic E-state index is 6.58. The molecule has 2 aromatic heterocycles. The van der Waals surface area contributed by atoms with Crippen LogP contribution in [0.25, 0.3) is 89.0 Å². The largest absolute Gasteiger partial charge is 0.456 e. The summed E-state index contributed by atoms with van der Waals surface area (Å²) in [7, 11) is 0. The minimum absolute atomic E-state index is 0.556. The molecule has 4 heteroatoms. The summed E-state index contributed by atoms with van der Waals surface area (Å²) < 4.78 is 13.2. The smallest absolute Gasteiger partial charge is 0.227 e. The normalized spacial score (nSPS) is 11.4. The predicted octanol–water partition coefficient (Wildman–Crippen LogP) is 15.5. The highest BCUT2D eigenvalue weighted by Gasteiger charge is 2.26. The molecule has 59 heavy (non-hydrogen) atoms. The van der Waals surface area contributed by atoms with Gasteiger partial charge in [0.2, 0.25) is 5.89 Å². The Morgan fingerprint density at radius 3 is 1.39 bits per heavy atom. The molecule has 0 amide bonds. The molecule has 11 aromatic rings. The minimum atomic E-state index is 0.556. The lowest BCUT2D eigenvalue weighted by Crippen LogP contribution is -2.11. The Hall–Kier alpha value is -7.95. The van der Waals surface area contributed by atoms with Gasteiger partial charge in [0.05, 0.1) is 11.1 Å². The van der Waals surface area contributed by atoms with Crippen molar-refractivity contribution >= 4 is 50.1 Å². The number of nitrogens with zero attached hydrogens (tertiary/aromatic N) is 2. The van der Waals surface area contributed by atoms with Gasteiger partial charge in [0.15, 0.2) is 5.58 Å². The number of rotatable bonds is 8. The third-order valence-corrected chi connectivity index (χ3v) is 11.1. The number of para-hydroxylation sites is 1. The van der Waals surface area contributed by atoms with Crippen molar-refractivity contribution in [1.29, 1.82) is 0 Å². The topological polar surface area (TPSA) is 42.4 Å². The van der Waals surface area contributed by atoms with E-state index in [-0.39, 0.29) is 0 Å². The molecule has 0 aliphatic heterocycles. The number of benzene rings is 9. The average Bonchev–Trinajstić information content (AvgIpc) is 3.92. The molecule has 0 saturated carbocycles. The van der Waals surface area contributed by atoms with Gasteiger partial charge >= 0.3 is 0 Å². The summed E-state index contributed by atoms with van der Waals surface area (Å²) in [5, 5.41) is 1.98. The van der Waals surface area contributed by atoms with Gasteiger partial charge in [0.1, 0.15) is 16.7 Å². The molecule has 2 heterocycles. The number of fused-ring (bicyclic) bond motifs is 4. The monoisotopic (exact) mass is 756 g/mol. The van der Waals surface area contributed by atoms with Crippen LogP contribution in [0.4, 0.5) is 17.1 Å². The van der Waals surface area contributed by atoms with Crippen LogP contribution in [-0.2, 0) is 0 Å². The van der Waals surface area contributed by atoms with Crippen LogP contribution in [-0.4, -0.2) is 4.98 Å². The second-order valence-electron chi connectivity index (χ2n) is 14.7. The fraction of sp³-hybridized carbons (Fsp3) is 0. The van der Waals surface area contributed by atoms with Crippen molar-refractivity contribution in [3.8, 4) is 56.0 Å². The quantitative estimate of drug-likeness (QED) is 0.155. The Bertz CT molecular complexity index is 3220. The molecule has 0 fully saturated rings. The van der Waals surface area contributed by atoms with Gasteiger partial charge in [0, 0.05) is 28.4 Å². The van der Waals surface area contributed by atoms with E-state index < -0.39 is 0 Å². The molecular formula is C55H36N2O2. The van der Waals surface area contributed by atoms with E-state index in [0.717, 1.165) is 72.3 Å². The number of aromatic nitrogens is 1. The Kier molecular flexibility index (Phi) is 8.45. The van der Waals surface area contributed by atoms with Gasteiger partial charge in [-0.2, -0.15) is 0 Å². The first-order valence-electron chi connectivity index (χ1n) is 19.9. The summed E-state index contributed by atoms with van der Waals surface area (Å²) in [6.07, 6.45) is 0. The number of hydrogen-bond acceptors (Lipinski definition) is 4. The highest BCUT2D eigenvalue weighted by molar-refractivity contribution is 6.20. The molecule has 278 valence electrons. The molecule has 11 rings (SSSR count). The fourth-order valence-corrected chi connectivity index (χ4v) is 8.18. The average molecular weight is 757 g/mol. The lowest BCUT2D eigenvalue weighted by molar-refractivity contribution is 0.617. The van der Waals surface area contributed by atoms with Crippen LogP contribution in [0.3, 0.4) is 0 Å². The van der Waals surface area contributed by atoms with E-state index in [1.165, 1.54) is 22.3 Å². The first-order valence-corrected chi connectivity index (χ1v) is 19.9. The number of anilines is 3. The third-order valence-electron chi connectivity index (χ3n) is 11.1. The van der Waals surface area contributed by atoms with Gasteiger partial charge in [-0.05, 0) is 87.0 Å². The molecule has 0 unspecified atom stereocenters. The van der Waals surface area contributed by atoms with E-state index in [4.69, 9.17) is 13.8 Å². The summed E-state index contributed by atoms with van der Waals surface area (Å²) in [6.45, 7) is 0. The van der Waals surface area contributed by atoms with E-state index in [2.05, 4.69) is 163 Å². The number of furan rings is 1. The molecule has 4 nitrogen and oxygen atoms in total. The van der Waals surface area contributed by atoms with Crippen molar-refractivity contribution < 1.29 is 8.83 Å². The fourth-order valence-electron chi connectivity index (χ4n) is 8.18. The van der Waals surface area contributed by atoms with Crippen molar-refractivity contribution in [2.24, 2.45) is 0 Å². The molecule has 0 aliphatic rings. The molecule has 0 N–H and O–H groups in total. The van der Waals surface area contributed by atoms with Crippen molar-refractivity contribution in [2.45, 2.75) is 0 Å². The van der Waals surface area contributed by atoms with Crippen LogP contribution in [0.2, 0.25) is 0 Å². The number of hydrogen-bond donors (Lipinski definition) is 0. The van der Waals surface area contributed by atoms with Crippen molar-refractivity contribution in [2.75, 3.05) is 4.90 Å². The molecule has 9 aromatic carbocycles. The van der Waals surface area contributed by atoms with Crippen molar-refractivity contribution in [3.05, 3.63) is 218 Å². The molecule has 0 aliphatic carbocycles. The summed E-state index contributed by atoms with van der Waals surface area (Å²) in [5.74, 6) is 0.556. The van der Waals surface area contributed by atoms with Crippen molar-refractivity contribution in [1.82, 2.24) is 4.98 Å². The Morgan fingerprint density at radius 2 is 0.797 bits per heavy atom. The highest BCUT2D eigenvalue weighted by Crippen LogP contribution is 2.48. The van der Waals surface area contributed by atoms with Crippen LogP contribution in [0, 0.1) is 0 Å². The zero-order valence-electron chi connectivity index (χ0n) is 32.0. The second kappa shape index (κ2) is 14.5. The van der Waals surface area contributed by atoms with Gasteiger partial charge in [-0.3, -0.25) is 0 Å². The molecule has 0 spiro atoms. The standard InChI is InChI=1S/C55H36N2O2/c1-4-13-37(14-5-1)39-23-25-41(26-24-39)42-31-33-46(34-32-42)57(47-20-12-19-45(35-47)43-29-27-40(28-30-43)38-15-6-2-7-16-38)54-52-48-21-10-11-22-49(48)58-50(52)36-51-53(54)56-55(59-51)44-17-8-3-9-18-44/h1-36H. The third kappa shape index (κ3) is 6.34.